The van der Waals surface area contributed by atoms with Crippen molar-refractivity contribution in [2.45, 2.75) is 6.42 Å². The fourth-order valence-corrected chi connectivity index (χ4v) is 2.40. The van der Waals surface area contributed by atoms with Gasteiger partial charge in [-0.15, -0.1) is 10.2 Å². The number of esters is 1. The first kappa shape index (κ1) is 14.1. The van der Waals surface area contributed by atoms with E-state index >= 15 is 0 Å². The van der Waals surface area contributed by atoms with Crippen molar-refractivity contribution in [2.24, 2.45) is 0 Å². The smallest absolute Gasteiger partial charge is 0.355 e. The zero-order chi connectivity index (χ0) is 15.5. The van der Waals surface area contributed by atoms with Gasteiger partial charge in [-0.25, -0.2) is 4.79 Å². The van der Waals surface area contributed by atoms with Gasteiger partial charge in [0.1, 0.15) is 17.3 Å². The number of aromatic nitrogens is 3. The molecule has 0 N–H and O–H groups in total. The zero-order valence-electron chi connectivity index (χ0n) is 12.3. The van der Waals surface area contributed by atoms with Crippen LogP contribution >= 0.6 is 0 Å². The summed E-state index contributed by atoms with van der Waals surface area (Å²) in [6.45, 7) is 0. The summed E-state index contributed by atoms with van der Waals surface area (Å²) >= 11 is 0. The van der Waals surface area contributed by atoms with Crippen LogP contribution in [-0.2, 0) is 11.2 Å². The minimum Gasteiger partial charge on any atom is -0.496 e. The van der Waals surface area contributed by atoms with Gasteiger partial charge in [0, 0.05) is 12.0 Å². The summed E-state index contributed by atoms with van der Waals surface area (Å²) in [5, 5.41) is 8.31. The summed E-state index contributed by atoms with van der Waals surface area (Å²) in [5.74, 6) is 1.00. The van der Waals surface area contributed by atoms with Crippen LogP contribution in [0.2, 0.25) is 0 Å². The third kappa shape index (κ3) is 2.39. The molecule has 6 heteroatoms. The van der Waals surface area contributed by atoms with E-state index in [0.717, 1.165) is 11.3 Å². The lowest BCUT2D eigenvalue weighted by molar-refractivity contribution is 0.0592. The fraction of sp³-hybridized carbons (Fsp3) is 0.188. The Morgan fingerprint density at radius 1 is 1.09 bits per heavy atom. The molecule has 0 radical (unpaired) electrons. The topological polar surface area (TPSA) is 65.7 Å². The molecular formula is C16H15N3O3. The first-order valence-electron chi connectivity index (χ1n) is 6.78. The Kier molecular flexibility index (Phi) is 3.74. The predicted octanol–water partition coefficient (Wildman–Crippen LogP) is 2.12. The molecule has 0 amide bonds. The normalized spacial score (nSPS) is 10.6. The molecule has 0 atom stereocenters. The number of hydrogen-bond acceptors (Lipinski definition) is 5. The minimum atomic E-state index is -0.424. The summed E-state index contributed by atoms with van der Waals surface area (Å²) in [6.07, 6.45) is 0.499. The van der Waals surface area contributed by atoms with Crippen molar-refractivity contribution >= 4 is 11.6 Å². The van der Waals surface area contributed by atoms with Gasteiger partial charge in [-0.3, -0.25) is 4.40 Å². The second kappa shape index (κ2) is 5.85. The van der Waals surface area contributed by atoms with E-state index in [1.54, 1.807) is 29.7 Å². The van der Waals surface area contributed by atoms with Gasteiger partial charge in [0.25, 0.3) is 0 Å². The number of benzene rings is 1. The Morgan fingerprint density at radius 3 is 2.68 bits per heavy atom. The van der Waals surface area contributed by atoms with E-state index in [0.29, 0.717) is 23.6 Å². The third-order valence-electron chi connectivity index (χ3n) is 3.43. The molecule has 0 saturated carbocycles. The molecule has 0 bridgehead atoms. The van der Waals surface area contributed by atoms with Crippen LogP contribution in [0.15, 0.2) is 42.5 Å². The molecule has 0 aliphatic heterocycles. The van der Waals surface area contributed by atoms with Crippen LogP contribution < -0.4 is 4.74 Å². The highest BCUT2D eigenvalue weighted by molar-refractivity contribution is 5.88. The van der Waals surface area contributed by atoms with Crippen molar-refractivity contribution in [3.63, 3.8) is 0 Å². The van der Waals surface area contributed by atoms with E-state index in [1.807, 2.05) is 24.3 Å². The number of carbonyl (C=O) groups excluding carboxylic acids is 1. The number of para-hydroxylation sites is 1. The minimum absolute atomic E-state index is 0.398. The average molecular weight is 297 g/mol. The summed E-state index contributed by atoms with van der Waals surface area (Å²) in [5.41, 5.74) is 1.97. The number of rotatable bonds is 4. The van der Waals surface area contributed by atoms with Crippen molar-refractivity contribution in [3.05, 3.63) is 59.5 Å². The lowest BCUT2D eigenvalue weighted by Gasteiger charge is -2.08. The molecule has 2 heterocycles. The van der Waals surface area contributed by atoms with Crippen LogP contribution in [0.4, 0.5) is 0 Å². The Balaban J connectivity index is 2.10. The largest absolute Gasteiger partial charge is 0.496 e. The number of methoxy groups -OCH3 is 2. The van der Waals surface area contributed by atoms with Crippen molar-refractivity contribution < 1.29 is 14.3 Å². The van der Waals surface area contributed by atoms with Gasteiger partial charge in [-0.05, 0) is 18.2 Å². The van der Waals surface area contributed by atoms with E-state index in [4.69, 9.17) is 9.47 Å². The third-order valence-corrected chi connectivity index (χ3v) is 3.43. The Bertz CT molecular complexity index is 826. The number of ether oxygens (including phenoxy) is 2. The van der Waals surface area contributed by atoms with E-state index in [2.05, 4.69) is 10.2 Å². The number of pyridine rings is 1. The molecule has 3 aromatic rings. The lowest BCUT2D eigenvalue weighted by atomic mass is 10.1. The molecule has 0 unspecified atom stereocenters. The summed E-state index contributed by atoms with van der Waals surface area (Å²) in [4.78, 5) is 11.9. The molecule has 6 nitrogen and oxygen atoms in total. The van der Waals surface area contributed by atoms with Gasteiger partial charge in [0.05, 0.1) is 14.2 Å². The molecular weight excluding hydrogens is 282 g/mol. The van der Waals surface area contributed by atoms with E-state index in [1.165, 1.54) is 7.11 Å². The highest BCUT2D eigenvalue weighted by atomic mass is 16.5. The van der Waals surface area contributed by atoms with Gasteiger partial charge in [0.2, 0.25) is 0 Å². The molecule has 2 aromatic heterocycles. The van der Waals surface area contributed by atoms with Gasteiger partial charge < -0.3 is 9.47 Å². The van der Waals surface area contributed by atoms with Crippen LogP contribution in [0.25, 0.3) is 5.65 Å². The van der Waals surface area contributed by atoms with Gasteiger partial charge in [-0.1, -0.05) is 24.3 Å². The number of carbonyl (C=O) groups is 1. The standard InChI is InChI=1S/C16H15N3O3/c1-21-13-8-4-3-6-11(13)10-15-18-17-14-9-5-7-12(19(14)15)16(20)22-2/h3-9H,10H2,1-2H3. The first-order chi connectivity index (χ1) is 10.7. The predicted molar refractivity (Wildman–Crippen MR) is 80.1 cm³/mol. The molecule has 0 fully saturated rings. The quantitative estimate of drug-likeness (QED) is 0.690. The Morgan fingerprint density at radius 2 is 1.91 bits per heavy atom. The van der Waals surface area contributed by atoms with E-state index in [9.17, 15) is 4.79 Å². The van der Waals surface area contributed by atoms with Gasteiger partial charge >= 0.3 is 5.97 Å². The zero-order valence-corrected chi connectivity index (χ0v) is 12.3. The molecule has 0 aliphatic rings. The van der Waals surface area contributed by atoms with Crippen molar-refractivity contribution in [3.8, 4) is 5.75 Å². The lowest BCUT2D eigenvalue weighted by Crippen LogP contribution is -2.10. The van der Waals surface area contributed by atoms with Crippen LogP contribution in [0, 0.1) is 0 Å². The van der Waals surface area contributed by atoms with Crippen molar-refractivity contribution in [1.82, 2.24) is 14.6 Å². The maximum absolute atomic E-state index is 11.9. The second-order valence-electron chi connectivity index (χ2n) is 4.70. The average Bonchev–Trinajstić information content (AvgIpc) is 2.98. The molecule has 0 aliphatic carbocycles. The van der Waals surface area contributed by atoms with Gasteiger partial charge in [0.15, 0.2) is 5.65 Å². The maximum Gasteiger partial charge on any atom is 0.355 e. The number of nitrogens with zero attached hydrogens (tertiary/aromatic N) is 3. The van der Waals surface area contributed by atoms with Crippen LogP contribution in [-0.4, -0.2) is 34.8 Å². The summed E-state index contributed by atoms with van der Waals surface area (Å²) < 4.78 is 11.9. The molecule has 112 valence electrons. The number of fused-ring (bicyclic) bond motifs is 1. The van der Waals surface area contributed by atoms with E-state index < -0.39 is 5.97 Å². The van der Waals surface area contributed by atoms with Crippen molar-refractivity contribution in [1.29, 1.82) is 0 Å². The van der Waals surface area contributed by atoms with Crippen LogP contribution in [0.5, 0.6) is 5.75 Å². The molecule has 0 saturated heterocycles. The second-order valence-corrected chi connectivity index (χ2v) is 4.70. The maximum atomic E-state index is 11.9. The van der Waals surface area contributed by atoms with Crippen LogP contribution in [0.3, 0.4) is 0 Å². The summed E-state index contributed by atoms with van der Waals surface area (Å²) in [6, 6.07) is 12.9. The molecule has 1 aromatic carbocycles. The molecule has 0 spiro atoms. The Labute approximate surface area is 127 Å². The fourth-order valence-electron chi connectivity index (χ4n) is 2.40. The van der Waals surface area contributed by atoms with E-state index in [-0.39, 0.29) is 0 Å². The number of hydrogen-bond donors (Lipinski definition) is 0. The highest BCUT2D eigenvalue weighted by Gasteiger charge is 2.16. The summed E-state index contributed by atoms with van der Waals surface area (Å²) in [7, 11) is 2.98. The Hall–Kier alpha value is -2.89. The van der Waals surface area contributed by atoms with Crippen molar-refractivity contribution in [2.75, 3.05) is 14.2 Å². The van der Waals surface area contributed by atoms with Gasteiger partial charge in [-0.2, -0.15) is 0 Å². The molecule has 22 heavy (non-hydrogen) atoms. The molecule has 3 rings (SSSR count). The monoisotopic (exact) mass is 297 g/mol. The van der Waals surface area contributed by atoms with Crippen LogP contribution in [0.1, 0.15) is 21.9 Å². The SMILES string of the molecule is COC(=O)c1cccc2nnc(Cc3ccccc3OC)n12. The first-order valence-corrected chi connectivity index (χ1v) is 6.78. The highest BCUT2D eigenvalue weighted by Crippen LogP contribution is 2.21.